The minimum absolute atomic E-state index is 0.124. The van der Waals surface area contributed by atoms with Crippen LogP contribution in [-0.2, 0) is 4.74 Å². The Morgan fingerprint density at radius 2 is 1.94 bits per heavy atom. The number of aliphatic hydroxyl groups is 3. The van der Waals surface area contributed by atoms with Crippen LogP contribution in [0.25, 0.3) is 0 Å². The van der Waals surface area contributed by atoms with Gasteiger partial charge in [0.2, 0.25) is 0 Å². The maximum atomic E-state index is 11.0. The largest absolute Gasteiger partial charge is 0.394 e. The third kappa shape index (κ3) is 2.39. The monoisotopic (exact) mass is 241 g/mol. The number of pyridine rings is 1. The van der Waals surface area contributed by atoms with Gasteiger partial charge < -0.3 is 24.6 Å². The number of ether oxygens (including phenoxy) is 1. The quantitative estimate of drug-likeness (QED) is 0.586. The lowest BCUT2D eigenvalue weighted by Gasteiger charge is -2.37. The molecule has 1 aromatic heterocycles. The smallest absolute Gasteiger partial charge is 0.181 e. The van der Waals surface area contributed by atoms with Crippen LogP contribution in [0.15, 0.2) is 29.3 Å². The summed E-state index contributed by atoms with van der Waals surface area (Å²) >= 11 is 0. The van der Waals surface area contributed by atoms with E-state index in [4.69, 9.17) is 9.84 Å². The normalized spacial score (nSPS) is 33.6. The van der Waals surface area contributed by atoms with E-state index in [0.29, 0.717) is 0 Å². The average Bonchev–Trinajstić information content (AvgIpc) is 2.34. The van der Waals surface area contributed by atoms with Crippen molar-refractivity contribution in [3.8, 4) is 0 Å². The summed E-state index contributed by atoms with van der Waals surface area (Å²) in [7, 11) is 0. The first kappa shape index (κ1) is 12.3. The number of hydrogen-bond donors (Lipinski definition) is 3. The van der Waals surface area contributed by atoms with Gasteiger partial charge in [-0.05, 0) is 0 Å². The molecule has 6 nitrogen and oxygen atoms in total. The molecular formula is C11H15NO5. The van der Waals surface area contributed by atoms with Crippen LogP contribution in [0.4, 0.5) is 0 Å². The second kappa shape index (κ2) is 4.97. The van der Waals surface area contributed by atoms with Gasteiger partial charge in [-0.25, -0.2) is 0 Å². The summed E-state index contributed by atoms with van der Waals surface area (Å²) in [5.74, 6) is 0. The van der Waals surface area contributed by atoms with E-state index >= 15 is 0 Å². The van der Waals surface area contributed by atoms with Crippen LogP contribution < -0.4 is 5.43 Å². The van der Waals surface area contributed by atoms with Crippen LogP contribution in [0.3, 0.4) is 0 Å². The van der Waals surface area contributed by atoms with E-state index in [1.807, 2.05) is 0 Å². The molecule has 2 heterocycles. The van der Waals surface area contributed by atoms with Crippen molar-refractivity contribution in [2.24, 2.45) is 0 Å². The fourth-order valence-electron chi connectivity index (χ4n) is 1.94. The number of hydrogen-bond acceptors (Lipinski definition) is 5. The van der Waals surface area contributed by atoms with Crippen molar-refractivity contribution in [2.45, 2.75) is 24.4 Å². The number of aliphatic hydroxyl groups excluding tert-OH is 3. The highest BCUT2D eigenvalue weighted by Crippen LogP contribution is 2.23. The molecule has 3 unspecified atom stereocenters. The SMILES string of the molecule is O=c1ccn([C@@H]2COC(CO)C(O)C2O)cc1. The zero-order valence-corrected chi connectivity index (χ0v) is 9.14. The second-order valence-electron chi connectivity index (χ2n) is 4.08. The van der Waals surface area contributed by atoms with Gasteiger partial charge in [0.05, 0.1) is 19.3 Å². The number of rotatable bonds is 2. The molecule has 0 amide bonds. The van der Waals surface area contributed by atoms with Crippen LogP contribution in [0.2, 0.25) is 0 Å². The van der Waals surface area contributed by atoms with Crippen LogP contribution in [0, 0.1) is 0 Å². The van der Waals surface area contributed by atoms with Gasteiger partial charge in [0.25, 0.3) is 0 Å². The molecule has 3 N–H and O–H groups in total. The topological polar surface area (TPSA) is 91.9 Å². The summed E-state index contributed by atoms with van der Waals surface area (Å²) in [5, 5.41) is 28.6. The van der Waals surface area contributed by atoms with Crippen LogP contribution in [-0.4, -0.2) is 51.4 Å². The van der Waals surface area contributed by atoms with Crippen LogP contribution in [0.1, 0.15) is 6.04 Å². The van der Waals surface area contributed by atoms with Gasteiger partial charge in [-0.3, -0.25) is 4.79 Å². The minimum atomic E-state index is -1.14. The Hall–Kier alpha value is -1.21. The summed E-state index contributed by atoms with van der Waals surface area (Å²) in [6.45, 7) is -0.165. The molecule has 0 radical (unpaired) electrons. The van der Waals surface area contributed by atoms with E-state index in [2.05, 4.69) is 0 Å². The average molecular weight is 241 g/mol. The van der Waals surface area contributed by atoms with Crippen molar-refractivity contribution in [3.63, 3.8) is 0 Å². The zero-order valence-electron chi connectivity index (χ0n) is 9.14. The van der Waals surface area contributed by atoms with Gasteiger partial charge in [0, 0.05) is 24.5 Å². The number of nitrogens with zero attached hydrogens (tertiary/aromatic N) is 1. The molecule has 17 heavy (non-hydrogen) atoms. The molecular weight excluding hydrogens is 226 g/mol. The van der Waals surface area contributed by atoms with E-state index in [9.17, 15) is 15.0 Å². The van der Waals surface area contributed by atoms with E-state index < -0.39 is 24.4 Å². The Kier molecular flexibility index (Phi) is 3.58. The second-order valence-corrected chi connectivity index (χ2v) is 4.08. The molecule has 94 valence electrons. The molecule has 0 aromatic carbocycles. The van der Waals surface area contributed by atoms with E-state index in [0.717, 1.165) is 0 Å². The van der Waals surface area contributed by atoms with Crippen LogP contribution >= 0.6 is 0 Å². The summed E-state index contributed by atoms with van der Waals surface area (Å²) < 4.78 is 6.86. The molecule has 6 heteroatoms. The highest BCUT2D eigenvalue weighted by atomic mass is 16.5. The Morgan fingerprint density at radius 3 is 2.53 bits per heavy atom. The fourth-order valence-corrected chi connectivity index (χ4v) is 1.94. The summed E-state index contributed by atoms with van der Waals surface area (Å²) in [6.07, 6.45) is 0.124. The number of aromatic nitrogens is 1. The molecule has 1 aliphatic rings. The maximum Gasteiger partial charge on any atom is 0.181 e. The molecule has 0 spiro atoms. The lowest BCUT2D eigenvalue weighted by molar-refractivity contribution is -0.169. The first-order valence-corrected chi connectivity index (χ1v) is 5.40. The molecule has 1 aromatic rings. The van der Waals surface area contributed by atoms with E-state index in [1.165, 1.54) is 24.5 Å². The predicted molar refractivity (Wildman–Crippen MR) is 58.6 cm³/mol. The third-order valence-corrected chi connectivity index (χ3v) is 2.99. The molecule has 1 saturated heterocycles. The van der Waals surface area contributed by atoms with Crippen molar-refractivity contribution in [1.29, 1.82) is 0 Å². The van der Waals surface area contributed by atoms with Gasteiger partial charge in [-0.15, -0.1) is 0 Å². The van der Waals surface area contributed by atoms with Crippen LogP contribution in [0.5, 0.6) is 0 Å². The standard InChI is InChI=1S/C11H15NO5/c13-5-9-11(16)10(15)8(6-17-9)12-3-1-7(14)2-4-12/h1-4,8-11,13,15-16H,5-6H2/t8-,9?,10?,11?/m1/s1. The van der Waals surface area contributed by atoms with E-state index in [1.54, 1.807) is 4.57 Å². The summed E-state index contributed by atoms with van der Waals surface area (Å²) in [4.78, 5) is 11.0. The van der Waals surface area contributed by atoms with Crippen molar-refractivity contribution in [3.05, 3.63) is 34.7 Å². The van der Waals surface area contributed by atoms with Gasteiger partial charge in [-0.2, -0.15) is 0 Å². The van der Waals surface area contributed by atoms with Gasteiger partial charge in [0.15, 0.2) is 5.43 Å². The Labute approximate surface area is 97.7 Å². The first-order chi connectivity index (χ1) is 8.13. The Balaban J connectivity index is 2.18. The van der Waals surface area contributed by atoms with Crippen molar-refractivity contribution in [1.82, 2.24) is 4.57 Å². The Bertz CT molecular complexity index is 412. The van der Waals surface area contributed by atoms with Crippen molar-refractivity contribution >= 4 is 0 Å². The van der Waals surface area contributed by atoms with Gasteiger partial charge in [-0.1, -0.05) is 0 Å². The first-order valence-electron chi connectivity index (χ1n) is 5.40. The lowest BCUT2D eigenvalue weighted by atomic mass is 9.98. The molecule has 0 saturated carbocycles. The van der Waals surface area contributed by atoms with Crippen molar-refractivity contribution < 1.29 is 20.1 Å². The predicted octanol–water partition coefficient (Wildman–Crippen LogP) is -1.50. The summed E-state index contributed by atoms with van der Waals surface area (Å²) in [6, 6.07) is 2.28. The van der Waals surface area contributed by atoms with Crippen molar-refractivity contribution in [2.75, 3.05) is 13.2 Å². The maximum absolute atomic E-state index is 11.0. The molecule has 4 atom stereocenters. The molecule has 0 aliphatic carbocycles. The molecule has 2 rings (SSSR count). The molecule has 1 fully saturated rings. The lowest BCUT2D eigenvalue weighted by Crippen LogP contribution is -2.51. The molecule has 1 aliphatic heterocycles. The minimum Gasteiger partial charge on any atom is -0.394 e. The highest BCUT2D eigenvalue weighted by Gasteiger charge is 2.38. The highest BCUT2D eigenvalue weighted by molar-refractivity contribution is 4.99. The zero-order chi connectivity index (χ0) is 12.4. The fraction of sp³-hybridized carbons (Fsp3) is 0.545. The van der Waals surface area contributed by atoms with Gasteiger partial charge in [0.1, 0.15) is 18.3 Å². The van der Waals surface area contributed by atoms with E-state index in [-0.39, 0.29) is 18.6 Å². The molecule has 0 bridgehead atoms. The Morgan fingerprint density at radius 1 is 1.29 bits per heavy atom. The third-order valence-electron chi connectivity index (χ3n) is 2.99. The summed E-state index contributed by atoms with van der Waals surface area (Å²) in [5.41, 5.74) is -0.124. The van der Waals surface area contributed by atoms with Gasteiger partial charge >= 0.3 is 0 Å².